The number of hydrogen-bond acceptors (Lipinski definition) is 3. The van der Waals surface area contributed by atoms with E-state index in [1.165, 1.54) is 0 Å². The van der Waals surface area contributed by atoms with Crippen LogP contribution in [0.3, 0.4) is 0 Å². The Kier molecular flexibility index (Phi) is 4.98. The fourth-order valence-corrected chi connectivity index (χ4v) is 2.01. The molecule has 0 saturated carbocycles. The monoisotopic (exact) mass is 268 g/mol. The van der Waals surface area contributed by atoms with E-state index in [2.05, 4.69) is 10.6 Å². The molecule has 1 aliphatic rings. The van der Waals surface area contributed by atoms with Gasteiger partial charge in [0, 0.05) is 19.7 Å². The lowest BCUT2D eigenvalue weighted by molar-refractivity contribution is -0.216. The molecule has 2 atom stereocenters. The fraction of sp³-hybridized carbons (Fsp3) is 0.909. The van der Waals surface area contributed by atoms with Crippen LogP contribution in [-0.4, -0.2) is 44.4 Å². The van der Waals surface area contributed by atoms with Gasteiger partial charge in [-0.2, -0.15) is 13.2 Å². The zero-order valence-electron chi connectivity index (χ0n) is 10.6. The van der Waals surface area contributed by atoms with Crippen molar-refractivity contribution in [3.63, 3.8) is 0 Å². The molecule has 1 aliphatic heterocycles. The van der Waals surface area contributed by atoms with Crippen molar-refractivity contribution < 1.29 is 22.7 Å². The molecule has 1 heterocycles. The smallest absolute Gasteiger partial charge is 0.377 e. The normalized spacial score (nSPS) is 26.1. The molecular weight excluding hydrogens is 249 g/mol. The van der Waals surface area contributed by atoms with Crippen LogP contribution in [0.4, 0.5) is 13.2 Å². The van der Waals surface area contributed by atoms with Crippen molar-refractivity contribution >= 4 is 5.91 Å². The van der Waals surface area contributed by atoms with Gasteiger partial charge in [0.15, 0.2) is 5.41 Å². The van der Waals surface area contributed by atoms with Gasteiger partial charge in [-0.1, -0.05) is 0 Å². The van der Waals surface area contributed by atoms with Gasteiger partial charge in [0.1, 0.15) is 0 Å². The number of hydrogen-bond donors (Lipinski definition) is 2. The van der Waals surface area contributed by atoms with Gasteiger partial charge in [-0.15, -0.1) is 0 Å². The third kappa shape index (κ3) is 3.14. The number of nitrogens with one attached hydrogen (secondary N) is 2. The Balaban J connectivity index is 2.62. The molecule has 0 bridgehead atoms. The van der Waals surface area contributed by atoms with Gasteiger partial charge < -0.3 is 15.4 Å². The Labute approximate surface area is 104 Å². The number of amides is 1. The number of rotatable bonds is 5. The summed E-state index contributed by atoms with van der Waals surface area (Å²) in [7, 11) is 0. The molecule has 18 heavy (non-hydrogen) atoms. The Morgan fingerprint density at radius 2 is 2.22 bits per heavy atom. The van der Waals surface area contributed by atoms with E-state index in [9.17, 15) is 18.0 Å². The molecule has 0 aliphatic carbocycles. The Bertz CT molecular complexity index is 289. The van der Waals surface area contributed by atoms with Crippen molar-refractivity contribution in [3.05, 3.63) is 0 Å². The van der Waals surface area contributed by atoms with Crippen molar-refractivity contribution in [1.29, 1.82) is 0 Å². The summed E-state index contributed by atoms with van der Waals surface area (Å²) < 4.78 is 44.2. The van der Waals surface area contributed by atoms with Gasteiger partial charge in [0.2, 0.25) is 5.91 Å². The van der Waals surface area contributed by atoms with Crippen molar-refractivity contribution in [3.8, 4) is 0 Å². The van der Waals surface area contributed by atoms with Crippen LogP contribution in [0.2, 0.25) is 0 Å². The molecule has 0 aromatic rings. The molecule has 0 spiro atoms. The molecule has 0 aromatic heterocycles. The summed E-state index contributed by atoms with van der Waals surface area (Å²) in [5.41, 5.74) is -2.29. The SMILES string of the molecule is CCOC(C)CNC(=O)C1(C(F)(F)F)CCNC1. The highest BCUT2D eigenvalue weighted by atomic mass is 19.4. The zero-order chi connectivity index (χ0) is 13.8. The van der Waals surface area contributed by atoms with Crippen LogP contribution < -0.4 is 10.6 Å². The van der Waals surface area contributed by atoms with Crippen LogP contribution in [-0.2, 0) is 9.53 Å². The van der Waals surface area contributed by atoms with E-state index >= 15 is 0 Å². The summed E-state index contributed by atoms with van der Waals surface area (Å²) in [5.74, 6) is -0.966. The van der Waals surface area contributed by atoms with Crippen LogP contribution in [0.5, 0.6) is 0 Å². The minimum atomic E-state index is -4.53. The molecule has 4 nitrogen and oxygen atoms in total. The van der Waals surface area contributed by atoms with E-state index in [-0.39, 0.29) is 32.2 Å². The van der Waals surface area contributed by atoms with Crippen molar-refractivity contribution in [2.75, 3.05) is 26.2 Å². The quantitative estimate of drug-likeness (QED) is 0.784. The first-order valence-electron chi connectivity index (χ1n) is 6.01. The summed E-state index contributed by atoms with van der Waals surface area (Å²) in [6.07, 6.45) is -5.04. The van der Waals surface area contributed by atoms with E-state index in [1.807, 2.05) is 0 Å². The molecule has 1 fully saturated rings. The number of halogens is 3. The standard InChI is InChI=1S/C11H19F3N2O2/c1-3-18-8(2)6-16-9(17)10(11(12,13)14)4-5-15-7-10/h8,15H,3-7H2,1-2H3,(H,16,17). The first kappa shape index (κ1) is 15.2. The molecule has 1 saturated heterocycles. The molecule has 2 unspecified atom stereocenters. The Morgan fingerprint density at radius 3 is 2.67 bits per heavy atom. The summed E-state index contributed by atoms with van der Waals surface area (Å²) in [6, 6.07) is 0. The van der Waals surface area contributed by atoms with Crippen LogP contribution in [0.1, 0.15) is 20.3 Å². The molecular formula is C11H19F3N2O2. The third-order valence-corrected chi connectivity index (χ3v) is 3.13. The summed E-state index contributed by atoms with van der Waals surface area (Å²) in [5, 5.41) is 4.93. The Hall–Kier alpha value is -0.820. The van der Waals surface area contributed by atoms with Gasteiger partial charge in [0.25, 0.3) is 0 Å². The Morgan fingerprint density at radius 1 is 1.56 bits per heavy atom. The second kappa shape index (κ2) is 5.88. The van der Waals surface area contributed by atoms with E-state index in [4.69, 9.17) is 4.74 Å². The lowest BCUT2D eigenvalue weighted by atomic mass is 9.85. The van der Waals surface area contributed by atoms with Gasteiger partial charge in [-0.25, -0.2) is 0 Å². The van der Waals surface area contributed by atoms with Crippen LogP contribution in [0, 0.1) is 5.41 Å². The minimum Gasteiger partial charge on any atom is -0.377 e. The maximum Gasteiger partial charge on any atom is 0.404 e. The second-order valence-corrected chi connectivity index (χ2v) is 4.48. The van der Waals surface area contributed by atoms with Crippen LogP contribution in [0.25, 0.3) is 0 Å². The molecule has 0 aromatic carbocycles. The highest BCUT2D eigenvalue weighted by Gasteiger charge is 2.61. The molecule has 0 radical (unpaired) electrons. The van der Waals surface area contributed by atoms with Gasteiger partial charge in [-0.3, -0.25) is 4.79 Å². The van der Waals surface area contributed by atoms with E-state index < -0.39 is 17.5 Å². The molecule has 106 valence electrons. The minimum absolute atomic E-state index is 0.0878. The average molecular weight is 268 g/mol. The van der Waals surface area contributed by atoms with Crippen molar-refractivity contribution in [1.82, 2.24) is 10.6 Å². The predicted octanol–water partition coefficient (Wildman–Crippen LogP) is 1.07. The highest BCUT2D eigenvalue weighted by Crippen LogP contribution is 2.43. The number of alkyl halides is 3. The maximum atomic E-state index is 13.0. The largest absolute Gasteiger partial charge is 0.404 e. The molecule has 7 heteroatoms. The first-order valence-corrected chi connectivity index (χ1v) is 6.01. The van der Waals surface area contributed by atoms with Crippen LogP contribution >= 0.6 is 0 Å². The first-order chi connectivity index (χ1) is 8.33. The number of carbonyl (C=O) groups excluding carboxylic acids is 1. The fourth-order valence-electron chi connectivity index (χ4n) is 2.01. The summed E-state index contributed by atoms with van der Waals surface area (Å²) in [6.45, 7) is 3.89. The maximum absolute atomic E-state index is 13.0. The van der Waals surface area contributed by atoms with Crippen molar-refractivity contribution in [2.45, 2.75) is 32.5 Å². The third-order valence-electron chi connectivity index (χ3n) is 3.13. The van der Waals surface area contributed by atoms with Crippen LogP contribution in [0.15, 0.2) is 0 Å². The van der Waals surface area contributed by atoms with Crippen molar-refractivity contribution in [2.24, 2.45) is 5.41 Å². The predicted molar refractivity (Wildman–Crippen MR) is 60.1 cm³/mol. The topological polar surface area (TPSA) is 50.4 Å². The molecule has 1 amide bonds. The number of ether oxygens (including phenoxy) is 1. The van der Waals surface area contributed by atoms with E-state index in [0.29, 0.717) is 6.61 Å². The molecule has 2 N–H and O–H groups in total. The number of carbonyl (C=O) groups is 1. The van der Waals surface area contributed by atoms with Gasteiger partial charge in [0.05, 0.1) is 6.10 Å². The summed E-state index contributed by atoms with van der Waals surface area (Å²) in [4.78, 5) is 11.8. The average Bonchev–Trinajstić information content (AvgIpc) is 2.75. The lowest BCUT2D eigenvalue weighted by Crippen LogP contribution is -2.53. The highest BCUT2D eigenvalue weighted by molar-refractivity contribution is 5.84. The van der Waals surface area contributed by atoms with E-state index in [0.717, 1.165) is 0 Å². The van der Waals surface area contributed by atoms with Gasteiger partial charge >= 0.3 is 6.18 Å². The summed E-state index contributed by atoms with van der Waals surface area (Å²) >= 11 is 0. The van der Waals surface area contributed by atoms with E-state index in [1.54, 1.807) is 13.8 Å². The lowest BCUT2D eigenvalue weighted by Gasteiger charge is -2.29. The van der Waals surface area contributed by atoms with Gasteiger partial charge in [-0.05, 0) is 26.8 Å². The molecule has 1 rings (SSSR count). The zero-order valence-corrected chi connectivity index (χ0v) is 10.6. The second-order valence-electron chi connectivity index (χ2n) is 4.48.